The van der Waals surface area contributed by atoms with Crippen LogP contribution in [0.3, 0.4) is 0 Å². The van der Waals surface area contributed by atoms with Crippen LogP contribution in [-0.2, 0) is 0 Å². The highest BCUT2D eigenvalue weighted by Crippen LogP contribution is 2.39. The number of thioether (sulfide) groups is 1. The van der Waals surface area contributed by atoms with Crippen molar-refractivity contribution in [1.82, 2.24) is 0 Å². The Bertz CT molecular complexity index is 301. The molecule has 0 bridgehead atoms. The zero-order valence-corrected chi connectivity index (χ0v) is 13.2. The van der Waals surface area contributed by atoms with Gasteiger partial charge in [-0.3, -0.25) is 4.99 Å². The molecule has 0 rings (SSSR count). The van der Waals surface area contributed by atoms with Crippen molar-refractivity contribution < 1.29 is 0 Å². The average molecular weight is 256 g/mol. The van der Waals surface area contributed by atoms with E-state index in [0.29, 0.717) is 0 Å². The number of nitrogens with zero attached hydrogens (tertiary/aromatic N) is 1. The summed E-state index contributed by atoms with van der Waals surface area (Å²) in [5.41, 5.74) is 8.32. The second-order valence-electron chi connectivity index (χ2n) is 5.10. The van der Waals surface area contributed by atoms with Crippen LogP contribution >= 0.6 is 11.8 Å². The summed E-state index contributed by atoms with van der Waals surface area (Å²) >= 11 is 1.81. The van der Waals surface area contributed by atoms with E-state index >= 15 is 0 Å². The first-order valence-electron chi connectivity index (χ1n) is 6.38. The van der Waals surface area contributed by atoms with E-state index in [1.807, 2.05) is 6.92 Å². The lowest BCUT2D eigenvalue weighted by atomic mass is 9.89. The Morgan fingerprint density at radius 3 is 2.18 bits per heavy atom. The largest absolute Gasteiger partial charge is 0.323 e. The molecule has 0 heterocycles. The number of nitrogens with two attached hydrogens (primary N) is 1. The molecule has 100 valence electrons. The first-order chi connectivity index (χ1) is 7.80. The summed E-state index contributed by atoms with van der Waals surface area (Å²) in [6.45, 7) is 13.0. The van der Waals surface area contributed by atoms with Crippen molar-refractivity contribution in [3.63, 3.8) is 0 Å². The molecule has 1 atom stereocenters. The molecular weight excluding hydrogens is 228 g/mol. The summed E-state index contributed by atoms with van der Waals surface area (Å²) in [5.74, 6) is 0. The Morgan fingerprint density at radius 1 is 1.35 bits per heavy atom. The number of rotatable bonds is 6. The van der Waals surface area contributed by atoms with E-state index in [0.717, 1.165) is 24.3 Å². The standard InChI is InChI=1S/C14H28N2S/c1-8-12(10(3)15)16-11(4)13(17-7)14(5,6)9-2/h10H,8-9,15H2,1-7H3/b13-11-,16-12?/t10-/m0/s1. The van der Waals surface area contributed by atoms with Gasteiger partial charge in [-0.15, -0.1) is 11.8 Å². The molecule has 0 amide bonds. The van der Waals surface area contributed by atoms with Gasteiger partial charge in [-0.1, -0.05) is 27.7 Å². The molecule has 0 aliphatic rings. The summed E-state index contributed by atoms with van der Waals surface area (Å²) < 4.78 is 0. The molecule has 3 heteroatoms. The number of allylic oxidation sites excluding steroid dienone is 2. The summed E-state index contributed by atoms with van der Waals surface area (Å²) in [6.07, 6.45) is 4.17. The third-order valence-electron chi connectivity index (χ3n) is 3.23. The van der Waals surface area contributed by atoms with Crippen molar-refractivity contribution in [3.05, 3.63) is 10.6 Å². The molecule has 0 aliphatic heterocycles. The average Bonchev–Trinajstić information content (AvgIpc) is 2.25. The number of hydrogen-bond acceptors (Lipinski definition) is 3. The third kappa shape index (κ3) is 4.84. The van der Waals surface area contributed by atoms with Gasteiger partial charge in [-0.05, 0) is 38.4 Å². The molecule has 0 aromatic rings. The molecule has 0 saturated heterocycles. The van der Waals surface area contributed by atoms with Crippen LogP contribution in [0, 0.1) is 5.41 Å². The molecule has 0 radical (unpaired) electrons. The van der Waals surface area contributed by atoms with Crippen LogP contribution in [0.15, 0.2) is 15.6 Å². The normalized spacial score (nSPS) is 16.8. The van der Waals surface area contributed by atoms with Crippen LogP contribution in [0.4, 0.5) is 0 Å². The molecule has 0 aromatic carbocycles. The summed E-state index contributed by atoms with van der Waals surface area (Å²) in [4.78, 5) is 6.10. The van der Waals surface area contributed by atoms with E-state index in [4.69, 9.17) is 10.7 Å². The fraction of sp³-hybridized carbons (Fsp3) is 0.786. The summed E-state index contributed by atoms with van der Waals surface area (Å²) in [7, 11) is 0. The van der Waals surface area contributed by atoms with Crippen molar-refractivity contribution in [2.45, 2.75) is 60.4 Å². The van der Waals surface area contributed by atoms with E-state index in [1.54, 1.807) is 11.8 Å². The topological polar surface area (TPSA) is 38.4 Å². The lowest BCUT2D eigenvalue weighted by Gasteiger charge is -2.26. The van der Waals surface area contributed by atoms with Crippen LogP contribution in [0.25, 0.3) is 0 Å². The zero-order chi connectivity index (χ0) is 13.6. The fourth-order valence-electron chi connectivity index (χ4n) is 1.84. The van der Waals surface area contributed by atoms with Gasteiger partial charge in [0, 0.05) is 22.4 Å². The van der Waals surface area contributed by atoms with E-state index < -0.39 is 0 Å². The van der Waals surface area contributed by atoms with Crippen molar-refractivity contribution in [2.24, 2.45) is 16.1 Å². The summed E-state index contributed by atoms with van der Waals surface area (Å²) in [5, 5.41) is 0. The smallest absolute Gasteiger partial charge is 0.0472 e. The third-order valence-corrected chi connectivity index (χ3v) is 4.49. The van der Waals surface area contributed by atoms with E-state index in [1.165, 1.54) is 4.91 Å². The Balaban J connectivity index is 5.39. The summed E-state index contributed by atoms with van der Waals surface area (Å²) in [6, 6.07) is 0.0443. The maximum atomic E-state index is 5.92. The van der Waals surface area contributed by atoms with Gasteiger partial charge in [0.2, 0.25) is 0 Å². The monoisotopic (exact) mass is 256 g/mol. The minimum Gasteiger partial charge on any atom is -0.323 e. The van der Waals surface area contributed by atoms with Gasteiger partial charge in [-0.2, -0.15) is 0 Å². The Hall–Kier alpha value is -0.280. The molecule has 2 N–H and O–H groups in total. The lowest BCUT2D eigenvalue weighted by molar-refractivity contribution is 0.449. The predicted molar refractivity (Wildman–Crippen MR) is 81.7 cm³/mol. The van der Waals surface area contributed by atoms with Crippen molar-refractivity contribution in [2.75, 3.05) is 6.26 Å². The highest BCUT2D eigenvalue weighted by molar-refractivity contribution is 8.02. The molecular formula is C14H28N2S. The fourth-order valence-corrected chi connectivity index (χ4v) is 2.88. The van der Waals surface area contributed by atoms with Gasteiger partial charge in [0.15, 0.2) is 0 Å². The molecule has 0 aromatic heterocycles. The minimum atomic E-state index is 0.0443. The molecule has 0 fully saturated rings. The van der Waals surface area contributed by atoms with Crippen molar-refractivity contribution in [1.29, 1.82) is 0 Å². The zero-order valence-electron chi connectivity index (χ0n) is 12.4. The Morgan fingerprint density at radius 2 is 1.88 bits per heavy atom. The van der Waals surface area contributed by atoms with Gasteiger partial charge in [-0.25, -0.2) is 0 Å². The van der Waals surface area contributed by atoms with Gasteiger partial charge in [0.25, 0.3) is 0 Å². The Kier molecular flexibility index (Phi) is 7.10. The maximum Gasteiger partial charge on any atom is 0.0472 e. The molecule has 2 nitrogen and oxygen atoms in total. The van der Waals surface area contributed by atoms with Crippen LogP contribution in [0.2, 0.25) is 0 Å². The quantitative estimate of drug-likeness (QED) is 0.723. The molecule has 0 unspecified atom stereocenters. The Labute approximate surface area is 111 Å². The van der Waals surface area contributed by atoms with Crippen LogP contribution in [0.5, 0.6) is 0 Å². The first-order valence-corrected chi connectivity index (χ1v) is 7.61. The predicted octanol–water partition coefficient (Wildman–Crippen LogP) is 4.22. The van der Waals surface area contributed by atoms with Crippen molar-refractivity contribution in [3.8, 4) is 0 Å². The molecule has 17 heavy (non-hydrogen) atoms. The highest BCUT2D eigenvalue weighted by Gasteiger charge is 2.22. The molecule has 0 saturated carbocycles. The molecule has 0 spiro atoms. The van der Waals surface area contributed by atoms with Crippen LogP contribution < -0.4 is 5.73 Å². The maximum absolute atomic E-state index is 5.92. The van der Waals surface area contributed by atoms with Crippen LogP contribution in [0.1, 0.15) is 54.4 Å². The van der Waals surface area contributed by atoms with Crippen LogP contribution in [-0.4, -0.2) is 18.0 Å². The lowest BCUT2D eigenvalue weighted by Crippen LogP contribution is -2.26. The van der Waals surface area contributed by atoms with Gasteiger partial charge < -0.3 is 5.73 Å². The number of aliphatic imine (C=N–C) groups is 1. The number of hydrogen-bond donors (Lipinski definition) is 1. The van der Waals surface area contributed by atoms with Gasteiger partial charge >= 0.3 is 0 Å². The molecule has 0 aliphatic carbocycles. The van der Waals surface area contributed by atoms with Gasteiger partial charge in [0.1, 0.15) is 0 Å². The minimum absolute atomic E-state index is 0.0443. The van der Waals surface area contributed by atoms with E-state index in [9.17, 15) is 0 Å². The second-order valence-corrected chi connectivity index (χ2v) is 5.92. The first kappa shape index (κ1) is 16.7. The van der Waals surface area contributed by atoms with Crippen molar-refractivity contribution >= 4 is 17.5 Å². The second kappa shape index (κ2) is 7.22. The van der Waals surface area contributed by atoms with Gasteiger partial charge in [0.05, 0.1) is 0 Å². The van der Waals surface area contributed by atoms with E-state index in [2.05, 4.69) is 40.9 Å². The SMILES string of the molecule is CCC(=N/C(C)=C(\SC)C(C)(C)CC)[C@H](C)N. The van der Waals surface area contributed by atoms with E-state index in [-0.39, 0.29) is 11.5 Å². The highest BCUT2D eigenvalue weighted by atomic mass is 32.2.